The van der Waals surface area contributed by atoms with Gasteiger partial charge in [0.15, 0.2) is 0 Å². The molecule has 0 aliphatic heterocycles. The van der Waals surface area contributed by atoms with Crippen LogP contribution in [0, 0.1) is 45.9 Å². The number of ether oxygens (including phenoxy) is 6. The lowest BCUT2D eigenvalue weighted by atomic mass is 10.1. The number of nitrogens with two attached hydrogens (primary N) is 1. The lowest BCUT2D eigenvalue weighted by molar-refractivity contribution is 0.0615. The summed E-state index contributed by atoms with van der Waals surface area (Å²) in [5.74, 6) is -1.31. The van der Waals surface area contributed by atoms with E-state index < -0.39 is 0 Å². The summed E-state index contributed by atoms with van der Waals surface area (Å²) < 4.78 is 82.8. The van der Waals surface area contributed by atoms with Gasteiger partial charge in [0.25, 0.3) is 0 Å². The fourth-order valence-electron chi connectivity index (χ4n) is 6.08. The van der Waals surface area contributed by atoms with Crippen LogP contribution < -0.4 is 11.4 Å². The first kappa shape index (κ1) is 56.4. The van der Waals surface area contributed by atoms with Gasteiger partial charge in [-0.15, -0.1) is 11.3 Å². The summed E-state index contributed by atoms with van der Waals surface area (Å²) in [6.45, 7) is 3.55. The molecule has 0 unspecified atom stereocenters. The van der Waals surface area contributed by atoms with Crippen LogP contribution in [0.15, 0.2) is 101 Å². The molecule has 20 heteroatoms. The van der Waals surface area contributed by atoms with Gasteiger partial charge in [0.2, 0.25) is 0 Å². The van der Waals surface area contributed by atoms with Gasteiger partial charge < -0.3 is 44.1 Å². The van der Waals surface area contributed by atoms with Crippen LogP contribution in [0.5, 0.6) is 0 Å². The number of imidazole rings is 1. The van der Waals surface area contributed by atoms with Gasteiger partial charge in [0, 0.05) is 48.7 Å². The van der Waals surface area contributed by atoms with Crippen molar-refractivity contribution in [2.24, 2.45) is 5.73 Å². The molecular weight excluding hydrogens is 1020 g/mol. The maximum Gasteiger partial charge on any atom is 0.323 e. The number of thiocarbonyl (C=S) groups is 1. The highest BCUT2D eigenvalue weighted by molar-refractivity contribution is 9.08. The van der Waals surface area contributed by atoms with Crippen molar-refractivity contribution in [2.45, 2.75) is 25.2 Å². The second-order valence-corrected chi connectivity index (χ2v) is 16.3. The Morgan fingerprint density at radius 1 is 0.657 bits per heavy atom. The minimum atomic E-state index is -0.362. The number of nitriles is 2. The van der Waals surface area contributed by atoms with E-state index in [2.05, 4.69) is 25.9 Å². The number of aromatic amines is 2. The number of fused-ring (bicyclic) bond motifs is 1. The lowest BCUT2D eigenvalue weighted by Gasteiger charge is -2.09. The van der Waals surface area contributed by atoms with Crippen molar-refractivity contribution in [2.75, 3.05) is 61.0 Å². The molecule has 5 aromatic carbocycles. The first-order valence-corrected chi connectivity index (χ1v) is 23.4. The SMILES string of the molecule is COCCOCc1cc(F)ccc1-c1nc(-c2ccc3[nH]c(=O)[nH]c3c2)cs1.COCCOCc1cc(F)ccc1C#N.COCCOCc1cc(F)ccc1C(N)=S.N#Cc1ccc(F)cc1CBr. The molecule has 0 atom stereocenters. The molecule has 0 fully saturated rings. The Morgan fingerprint density at radius 2 is 1.14 bits per heavy atom. The van der Waals surface area contributed by atoms with Gasteiger partial charge in [-0.2, -0.15) is 10.5 Å². The molecule has 13 nitrogen and oxygen atoms in total. The number of nitrogens with one attached hydrogen (secondary N) is 2. The third-order valence-corrected chi connectivity index (χ3v) is 11.2. The van der Waals surface area contributed by atoms with Crippen LogP contribution >= 0.6 is 39.5 Å². The van der Waals surface area contributed by atoms with E-state index in [1.807, 2.05) is 35.7 Å². The predicted molar refractivity (Wildman–Crippen MR) is 267 cm³/mol. The second kappa shape index (κ2) is 30.4. The van der Waals surface area contributed by atoms with Crippen LogP contribution in [-0.4, -0.2) is 80.9 Å². The molecule has 368 valence electrons. The van der Waals surface area contributed by atoms with Crippen molar-refractivity contribution in [3.8, 4) is 34.0 Å². The zero-order chi connectivity index (χ0) is 50.8. The maximum absolute atomic E-state index is 13.7. The number of hydrogen-bond acceptors (Lipinski definition) is 12. The molecule has 0 aliphatic carbocycles. The van der Waals surface area contributed by atoms with Gasteiger partial charge in [0.05, 0.1) is 99.5 Å². The summed E-state index contributed by atoms with van der Waals surface area (Å²) in [5.41, 5.74) is 13.5. The number of aromatic nitrogens is 3. The molecule has 0 saturated heterocycles. The van der Waals surface area contributed by atoms with Gasteiger partial charge in [-0.05, 0) is 107 Å². The molecular formula is C50H49BrF4N6O7S2. The molecule has 2 aromatic heterocycles. The van der Waals surface area contributed by atoms with Crippen LogP contribution in [0.25, 0.3) is 32.9 Å². The standard InChI is InChI=1S/C20H18FN3O3S.C11H14FNO2S.C11H12FNO2.C8H5BrFN/c1-26-6-7-27-10-13-8-14(21)3-4-15(13)19-22-18(11-28-19)12-2-5-16-17(9-12)24-20(25)23-16;1-14-4-5-15-7-8-6-9(12)2-3-10(8)11(13)16;1-14-4-5-15-8-10-6-11(12)3-2-9(10)7-13;9-4-7-3-8(10)2-1-6(7)5-11/h2-5,8-9,11H,6-7,10H2,1H3,(H2,23,24,25);2-3,6H,4-5,7H2,1H3,(H2,13,16);2-3,6H,4-5,8H2,1H3;1-3H,4H2. The van der Waals surface area contributed by atoms with Crippen molar-refractivity contribution >= 4 is 55.5 Å². The van der Waals surface area contributed by atoms with Crippen molar-refractivity contribution in [1.29, 1.82) is 10.5 Å². The van der Waals surface area contributed by atoms with E-state index in [0.29, 0.717) is 78.4 Å². The summed E-state index contributed by atoms with van der Waals surface area (Å²) in [6.07, 6.45) is 0. The highest BCUT2D eigenvalue weighted by Crippen LogP contribution is 2.32. The minimum absolute atomic E-state index is 0.226. The average molecular weight is 1070 g/mol. The molecule has 0 spiro atoms. The highest BCUT2D eigenvalue weighted by atomic mass is 79.9. The molecule has 4 N–H and O–H groups in total. The smallest absolute Gasteiger partial charge is 0.323 e. The largest absolute Gasteiger partial charge is 0.389 e. The molecule has 2 heterocycles. The van der Waals surface area contributed by atoms with Crippen LogP contribution in [0.1, 0.15) is 38.9 Å². The number of alkyl halides is 1. The molecule has 0 saturated carbocycles. The predicted octanol–water partition coefficient (Wildman–Crippen LogP) is 10.0. The summed E-state index contributed by atoms with van der Waals surface area (Å²) in [4.78, 5) is 21.9. The van der Waals surface area contributed by atoms with Crippen LogP contribution in [0.2, 0.25) is 0 Å². The maximum atomic E-state index is 13.7. The number of halogens is 5. The fraction of sp³-hybridized carbons (Fsp3) is 0.260. The van der Waals surface area contributed by atoms with Gasteiger partial charge in [-0.3, -0.25) is 0 Å². The van der Waals surface area contributed by atoms with Gasteiger partial charge in [-0.1, -0.05) is 34.2 Å². The average Bonchev–Trinajstić information content (AvgIpc) is 4.00. The van der Waals surface area contributed by atoms with E-state index in [1.165, 1.54) is 72.0 Å². The molecule has 0 aliphatic rings. The van der Waals surface area contributed by atoms with E-state index in [9.17, 15) is 22.4 Å². The van der Waals surface area contributed by atoms with E-state index in [4.69, 9.17) is 61.9 Å². The molecule has 0 radical (unpaired) electrons. The van der Waals surface area contributed by atoms with Gasteiger partial charge in [-0.25, -0.2) is 27.3 Å². The first-order valence-electron chi connectivity index (χ1n) is 21.0. The Balaban J connectivity index is 0.000000218. The van der Waals surface area contributed by atoms with Crippen molar-refractivity contribution in [3.05, 3.63) is 169 Å². The summed E-state index contributed by atoms with van der Waals surface area (Å²) >= 11 is 9.51. The van der Waals surface area contributed by atoms with E-state index in [1.54, 1.807) is 33.5 Å². The first-order chi connectivity index (χ1) is 33.8. The quantitative estimate of drug-likeness (QED) is 0.0301. The number of rotatable bonds is 19. The number of methoxy groups -OCH3 is 3. The lowest BCUT2D eigenvalue weighted by Crippen LogP contribution is -2.13. The Labute approximate surface area is 419 Å². The summed E-state index contributed by atoms with van der Waals surface area (Å²) in [5, 5.41) is 20.5. The molecule has 0 bridgehead atoms. The van der Waals surface area contributed by atoms with Crippen molar-refractivity contribution < 1.29 is 46.0 Å². The minimum Gasteiger partial charge on any atom is -0.389 e. The third-order valence-electron chi connectivity index (χ3n) is 9.53. The Kier molecular flexibility index (Phi) is 24.5. The van der Waals surface area contributed by atoms with E-state index >= 15 is 0 Å². The number of thiazole rings is 1. The van der Waals surface area contributed by atoms with Crippen molar-refractivity contribution in [3.63, 3.8) is 0 Å². The Hall–Kier alpha value is -6.17. The molecule has 70 heavy (non-hydrogen) atoms. The van der Waals surface area contributed by atoms with Gasteiger partial charge in [0.1, 0.15) is 33.3 Å². The van der Waals surface area contributed by atoms with Crippen LogP contribution in [-0.2, 0) is 53.6 Å². The number of hydrogen-bond donors (Lipinski definition) is 3. The number of nitrogens with zero attached hydrogens (tertiary/aromatic N) is 3. The summed E-state index contributed by atoms with van der Waals surface area (Å²) in [7, 11) is 4.77. The number of H-pyrrole nitrogens is 2. The molecule has 7 rings (SSSR count). The fourth-order valence-corrected chi connectivity index (χ4v) is 7.63. The van der Waals surface area contributed by atoms with Crippen LogP contribution in [0.3, 0.4) is 0 Å². The highest BCUT2D eigenvalue weighted by Gasteiger charge is 2.14. The van der Waals surface area contributed by atoms with Gasteiger partial charge >= 0.3 is 5.69 Å². The topological polar surface area (TPSA) is 191 Å². The van der Waals surface area contributed by atoms with Crippen molar-refractivity contribution in [1.82, 2.24) is 15.0 Å². The Morgan fingerprint density at radius 3 is 1.70 bits per heavy atom. The molecule has 0 amide bonds. The van der Waals surface area contributed by atoms with E-state index in [-0.39, 0.29) is 53.8 Å². The zero-order valence-electron chi connectivity index (χ0n) is 38.3. The second-order valence-electron chi connectivity index (χ2n) is 14.4. The zero-order valence-corrected chi connectivity index (χ0v) is 41.5. The summed E-state index contributed by atoms with van der Waals surface area (Å²) in [6, 6.07) is 26.6. The van der Waals surface area contributed by atoms with E-state index in [0.717, 1.165) is 38.4 Å². The number of benzene rings is 5. The normalized spacial score (nSPS) is 10.5. The monoisotopic (exact) mass is 1060 g/mol. The van der Waals surface area contributed by atoms with Crippen LogP contribution in [0.4, 0.5) is 17.6 Å². The molecule has 7 aromatic rings. The Bertz CT molecular complexity index is 2920. The third kappa shape index (κ3) is 18.3.